The standard InChI is InChI=1S/C43H40F4N4O8S/c1-42(55,41(54)50-30-11-10-28(23-48)35(22-30)43(45,46)47)25-60(56,57)32-14-12-31(13-15-32)59-18-3-17-58-19-16-38(53)49-24-26-6-8-27(9-7-26)40-33-4-2-5-37(52)34-20-29(44)21-36(51-40)39(33)34/h6-15,20-22,51,55H,2-5,16-19,24-25H2,1H3,(H,49,53)(H,50,54)/t42-/m0/s1. The third-order valence-corrected chi connectivity index (χ3v) is 11.8. The molecule has 0 unspecified atom stereocenters. The Bertz CT molecular complexity index is 2570. The number of aromatic amines is 1. The van der Waals surface area contributed by atoms with E-state index in [4.69, 9.17) is 14.7 Å². The van der Waals surface area contributed by atoms with E-state index in [9.17, 15) is 45.5 Å². The van der Waals surface area contributed by atoms with Crippen molar-refractivity contribution in [2.45, 2.75) is 62.2 Å². The number of aryl methyl sites for hydroxylation is 1. The minimum atomic E-state index is -4.89. The number of carbonyl (C=O) groups is 3. The lowest BCUT2D eigenvalue weighted by Gasteiger charge is -2.22. The number of H-pyrrole nitrogens is 1. The second-order valence-corrected chi connectivity index (χ2v) is 16.5. The summed E-state index contributed by atoms with van der Waals surface area (Å²) >= 11 is 0. The molecule has 5 aromatic rings. The summed E-state index contributed by atoms with van der Waals surface area (Å²) in [5.74, 6) is -2.73. The Morgan fingerprint density at radius 3 is 2.40 bits per heavy atom. The second kappa shape index (κ2) is 18.0. The highest BCUT2D eigenvalue weighted by Gasteiger charge is 2.38. The molecule has 0 radical (unpaired) electrons. The number of nitrogens with zero attached hydrogens (tertiary/aromatic N) is 1. The molecule has 1 aliphatic carbocycles. The van der Waals surface area contributed by atoms with Crippen LogP contribution in [0.3, 0.4) is 0 Å². The van der Waals surface area contributed by atoms with Crippen molar-refractivity contribution in [3.63, 3.8) is 0 Å². The van der Waals surface area contributed by atoms with Gasteiger partial charge in [-0.3, -0.25) is 14.4 Å². The van der Waals surface area contributed by atoms with Crippen molar-refractivity contribution >= 4 is 44.0 Å². The van der Waals surface area contributed by atoms with Gasteiger partial charge in [-0.25, -0.2) is 12.8 Å². The van der Waals surface area contributed by atoms with Gasteiger partial charge in [-0.15, -0.1) is 0 Å². The van der Waals surface area contributed by atoms with Crippen LogP contribution < -0.4 is 15.4 Å². The molecule has 0 bridgehead atoms. The van der Waals surface area contributed by atoms with Crippen molar-refractivity contribution in [2.24, 2.45) is 0 Å². The lowest BCUT2D eigenvalue weighted by Crippen LogP contribution is -2.45. The van der Waals surface area contributed by atoms with Gasteiger partial charge in [-0.05, 0) is 91.1 Å². The van der Waals surface area contributed by atoms with Crippen molar-refractivity contribution < 1.29 is 54.9 Å². The van der Waals surface area contributed by atoms with Gasteiger partial charge in [-0.2, -0.15) is 18.4 Å². The number of anilines is 1. The minimum Gasteiger partial charge on any atom is -0.494 e. The van der Waals surface area contributed by atoms with E-state index in [1.54, 1.807) is 0 Å². The van der Waals surface area contributed by atoms with Crippen LogP contribution in [0.5, 0.6) is 5.75 Å². The van der Waals surface area contributed by atoms with Crippen LogP contribution in [0.2, 0.25) is 0 Å². The van der Waals surface area contributed by atoms with Crippen LogP contribution in [-0.4, -0.2) is 67.3 Å². The summed E-state index contributed by atoms with van der Waals surface area (Å²) in [6.45, 7) is 1.90. The fourth-order valence-electron chi connectivity index (χ4n) is 6.82. The Labute approximate surface area is 342 Å². The molecule has 0 saturated heterocycles. The molecule has 17 heteroatoms. The first kappa shape index (κ1) is 43.5. The lowest BCUT2D eigenvalue weighted by atomic mass is 9.99. The summed E-state index contributed by atoms with van der Waals surface area (Å²) in [5, 5.41) is 25.4. The number of nitriles is 1. The number of sulfone groups is 1. The average molecular weight is 849 g/mol. The van der Waals surface area contributed by atoms with Gasteiger partial charge in [0.15, 0.2) is 21.2 Å². The molecule has 1 atom stereocenters. The normalized spacial score (nSPS) is 13.9. The monoisotopic (exact) mass is 848 g/mol. The number of carbonyl (C=O) groups excluding carboxylic acids is 3. The first-order valence-electron chi connectivity index (χ1n) is 18.9. The number of alkyl halides is 3. The van der Waals surface area contributed by atoms with Gasteiger partial charge in [0, 0.05) is 60.3 Å². The Morgan fingerprint density at radius 1 is 0.967 bits per heavy atom. The Hall–Kier alpha value is -6.09. The van der Waals surface area contributed by atoms with E-state index >= 15 is 0 Å². The second-order valence-electron chi connectivity index (χ2n) is 14.5. The molecule has 12 nitrogen and oxygen atoms in total. The van der Waals surface area contributed by atoms with Gasteiger partial charge in [0.05, 0.1) is 41.1 Å². The van der Waals surface area contributed by atoms with Crippen molar-refractivity contribution in [1.82, 2.24) is 10.3 Å². The van der Waals surface area contributed by atoms with E-state index in [2.05, 4.69) is 15.6 Å². The van der Waals surface area contributed by atoms with E-state index in [0.29, 0.717) is 55.1 Å². The van der Waals surface area contributed by atoms with Crippen molar-refractivity contribution in [3.05, 3.63) is 112 Å². The Kier molecular flexibility index (Phi) is 13.1. The number of benzene rings is 4. The summed E-state index contributed by atoms with van der Waals surface area (Å²) in [4.78, 5) is 40.8. The van der Waals surface area contributed by atoms with Crippen molar-refractivity contribution in [2.75, 3.05) is 30.9 Å². The predicted molar refractivity (Wildman–Crippen MR) is 212 cm³/mol. The maximum Gasteiger partial charge on any atom is 0.417 e. The lowest BCUT2D eigenvalue weighted by molar-refractivity contribution is -0.138. The molecule has 60 heavy (non-hydrogen) atoms. The van der Waals surface area contributed by atoms with E-state index in [0.717, 1.165) is 46.8 Å². The number of ether oxygens (including phenoxy) is 2. The number of hydrogen-bond acceptors (Lipinski definition) is 9. The molecule has 0 saturated carbocycles. The molecule has 1 aliphatic rings. The van der Waals surface area contributed by atoms with Gasteiger partial charge in [0.1, 0.15) is 11.6 Å². The topological polar surface area (TPSA) is 188 Å². The van der Waals surface area contributed by atoms with E-state index < -0.39 is 50.2 Å². The molecular formula is C43H40F4N4O8S. The summed E-state index contributed by atoms with van der Waals surface area (Å²) in [6, 6.07) is 19.4. The van der Waals surface area contributed by atoms with Gasteiger partial charge < -0.3 is 30.2 Å². The molecule has 4 aromatic carbocycles. The average Bonchev–Trinajstić information content (AvgIpc) is 3.47. The van der Waals surface area contributed by atoms with Crippen LogP contribution in [0.4, 0.5) is 23.2 Å². The molecule has 0 aliphatic heterocycles. The predicted octanol–water partition coefficient (Wildman–Crippen LogP) is 7.04. The summed E-state index contributed by atoms with van der Waals surface area (Å²) in [7, 11) is -4.26. The summed E-state index contributed by atoms with van der Waals surface area (Å²) in [6.07, 6.45) is -2.54. The molecule has 6 rings (SSSR count). The molecule has 314 valence electrons. The number of nitrogens with one attached hydrogen (secondary N) is 3. The minimum absolute atomic E-state index is 0.0582. The van der Waals surface area contributed by atoms with E-state index in [-0.39, 0.29) is 48.5 Å². The van der Waals surface area contributed by atoms with Crippen LogP contribution in [-0.2, 0) is 43.3 Å². The maximum atomic E-state index is 14.3. The Balaban J connectivity index is 0.889. The number of Topliss-reactive ketones (excluding diaryl/α,β-unsaturated/α-hetero) is 1. The number of aromatic nitrogens is 1. The van der Waals surface area contributed by atoms with Crippen LogP contribution in [0, 0.1) is 17.1 Å². The zero-order chi connectivity index (χ0) is 43.2. The van der Waals surface area contributed by atoms with Crippen molar-refractivity contribution in [1.29, 1.82) is 5.26 Å². The smallest absolute Gasteiger partial charge is 0.417 e. The molecule has 2 amide bonds. The highest BCUT2D eigenvalue weighted by atomic mass is 32.2. The van der Waals surface area contributed by atoms with Crippen LogP contribution >= 0.6 is 0 Å². The highest BCUT2D eigenvalue weighted by molar-refractivity contribution is 7.91. The van der Waals surface area contributed by atoms with Gasteiger partial charge >= 0.3 is 6.18 Å². The Morgan fingerprint density at radius 2 is 1.70 bits per heavy atom. The van der Waals surface area contributed by atoms with Crippen LogP contribution in [0.25, 0.3) is 22.2 Å². The quantitative estimate of drug-likeness (QED) is 0.0597. The zero-order valence-electron chi connectivity index (χ0n) is 32.2. The molecule has 0 fully saturated rings. The largest absolute Gasteiger partial charge is 0.494 e. The highest BCUT2D eigenvalue weighted by Crippen LogP contribution is 2.37. The van der Waals surface area contributed by atoms with Gasteiger partial charge in [0.2, 0.25) is 5.91 Å². The number of halogens is 4. The van der Waals surface area contributed by atoms with Gasteiger partial charge in [0.25, 0.3) is 5.91 Å². The van der Waals surface area contributed by atoms with Gasteiger partial charge in [-0.1, -0.05) is 24.3 Å². The number of ketones is 1. The maximum absolute atomic E-state index is 14.3. The first-order valence-corrected chi connectivity index (χ1v) is 20.5. The molecule has 1 aromatic heterocycles. The third-order valence-electron chi connectivity index (χ3n) is 9.85. The van der Waals surface area contributed by atoms with Crippen molar-refractivity contribution in [3.8, 4) is 23.1 Å². The molecule has 1 heterocycles. The molecule has 0 spiro atoms. The zero-order valence-corrected chi connectivity index (χ0v) is 33.1. The van der Waals surface area contributed by atoms with E-state index in [1.807, 2.05) is 24.3 Å². The molecular weight excluding hydrogens is 809 g/mol. The molecule has 4 N–H and O–H groups in total. The van der Waals surface area contributed by atoms with E-state index in [1.165, 1.54) is 42.5 Å². The number of hydrogen-bond donors (Lipinski definition) is 4. The fraction of sp³-hybridized carbons (Fsp3) is 0.302. The third kappa shape index (κ3) is 10.4. The summed E-state index contributed by atoms with van der Waals surface area (Å²) in [5.41, 5.74) is -0.263. The number of amides is 2. The summed E-state index contributed by atoms with van der Waals surface area (Å²) < 4.78 is 91.4. The SMILES string of the molecule is C[C@](O)(CS(=O)(=O)c1ccc(OCCCOCCC(=O)NCc2ccc(-c3[nH]c4cc(F)cc5c4c3CCCC5=O)cc2)cc1)C(=O)Nc1ccc(C#N)c(C(F)(F)F)c1. The van der Waals surface area contributed by atoms with Crippen LogP contribution in [0.15, 0.2) is 83.8 Å². The first-order chi connectivity index (χ1) is 28.4. The number of aliphatic hydroxyl groups is 1. The van der Waals surface area contributed by atoms with Crippen LogP contribution in [0.1, 0.15) is 65.2 Å². The number of rotatable bonds is 16. The fourth-order valence-corrected chi connectivity index (χ4v) is 8.41.